The summed E-state index contributed by atoms with van der Waals surface area (Å²) in [6.07, 6.45) is 6.86. The summed E-state index contributed by atoms with van der Waals surface area (Å²) in [5.41, 5.74) is 2.64. The van der Waals surface area contributed by atoms with Gasteiger partial charge < -0.3 is 10.0 Å². The zero-order chi connectivity index (χ0) is 17.5. The first kappa shape index (κ1) is 16.9. The third-order valence-electron chi connectivity index (χ3n) is 3.83. The third kappa shape index (κ3) is 4.51. The van der Waals surface area contributed by atoms with Crippen molar-refractivity contribution in [2.75, 3.05) is 13.2 Å². The number of nitrogens with zero attached hydrogens (tertiary/aromatic N) is 4. The quantitative estimate of drug-likeness (QED) is 0.716. The molecule has 2 heterocycles. The van der Waals surface area contributed by atoms with Crippen molar-refractivity contribution in [1.82, 2.24) is 19.7 Å². The van der Waals surface area contributed by atoms with Crippen LogP contribution in [0.1, 0.15) is 21.5 Å². The van der Waals surface area contributed by atoms with Crippen LogP contribution in [0.15, 0.2) is 67.3 Å². The number of aliphatic hydroxyl groups is 1. The Balaban J connectivity index is 1.69. The van der Waals surface area contributed by atoms with Gasteiger partial charge >= 0.3 is 0 Å². The average Bonchev–Trinajstić information content (AvgIpc) is 3.09. The fourth-order valence-electron chi connectivity index (χ4n) is 2.62. The predicted molar refractivity (Wildman–Crippen MR) is 93.8 cm³/mol. The van der Waals surface area contributed by atoms with Crippen LogP contribution in [0.4, 0.5) is 0 Å². The van der Waals surface area contributed by atoms with Crippen LogP contribution in [0.5, 0.6) is 0 Å². The maximum Gasteiger partial charge on any atom is 0.254 e. The fourth-order valence-corrected chi connectivity index (χ4v) is 2.62. The van der Waals surface area contributed by atoms with Gasteiger partial charge in [0.2, 0.25) is 0 Å². The first-order chi connectivity index (χ1) is 12.3. The zero-order valence-corrected chi connectivity index (χ0v) is 13.8. The molecule has 0 radical (unpaired) electrons. The SMILES string of the molecule is O=C(c1ccncc1)N(CCO)Cc1cnn(Cc2ccccc2)c1. The lowest BCUT2D eigenvalue weighted by atomic mass is 10.2. The Hall–Kier alpha value is -2.99. The van der Waals surface area contributed by atoms with Gasteiger partial charge in [-0.15, -0.1) is 0 Å². The molecule has 0 aliphatic heterocycles. The van der Waals surface area contributed by atoms with Gasteiger partial charge in [0.25, 0.3) is 5.91 Å². The Labute approximate surface area is 146 Å². The molecular weight excluding hydrogens is 316 g/mol. The lowest BCUT2D eigenvalue weighted by Crippen LogP contribution is -2.33. The van der Waals surface area contributed by atoms with Gasteiger partial charge in [-0.3, -0.25) is 14.5 Å². The van der Waals surface area contributed by atoms with E-state index in [1.165, 1.54) is 0 Å². The normalized spacial score (nSPS) is 10.6. The van der Waals surface area contributed by atoms with Crippen LogP contribution in [-0.2, 0) is 13.1 Å². The number of hydrogen-bond donors (Lipinski definition) is 1. The van der Waals surface area contributed by atoms with Gasteiger partial charge in [0.1, 0.15) is 0 Å². The minimum absolute atomic E-state index is 0.0883. The molecule has 2 aromatic heterocycles. The van der Waals surface area contributed by atoms with E-state index in [-0.39, 0.29) is 19.1 Å². The van der Waals surface area contributed by atoms with E-state index >= 15 is 0 Å². The van der Waals surface area contributed by atoms with Crippen molar-refractivity contribution in [3.05, 3.63) is 83.9 Å². The first-order valence-electron chi connectivity index (χ1n) is 8.11. The minimum atomic E-state index is -0.132. The first-order valence-corrected chi connectivity index (χ1v) is 8.11. The van der Waals surface area contributed by atoms with Crippen LogP contribution < -0.4 is 0 Å². The Morgan fingerprint density at radius 1 is 1.08 bits per heavy atom. The highest BCUT2D eigenvalue weighted by Crippen LogP contribution is 2.10. The average molecular weight is 336 g/mol. The number of hydrogen-bond acceptors (Lipinski definition) is 4. The van der Waals surface area contributed by atoms with E-state index in [0.717, 1.165) is 11.1 Å². The molecule has 0 unspecified atom stereocenters. The summed E-state index contributed by atoms with van der Waals surface area (Å²) < 4.78 is 1.85. The van der Waals surface area contributed by atoms with E-state index in [0.29, 0.717) is 18.7 Å². The second-order valence-corrected chi connectivity index (χ2v) is 5.72. The summed E-state index contributed by atoms with van der Waals surface area (Å²) in [6, 6.07) is 13.4. The summed E-state index contributed by atoms with van der Waals surface area (Å²) in [6.45, 7) is 1.26. The van der Waals surface area contributed by atoms with E-state index in [9.17, 15) is 9.90 Å². The van der Waals surface area contributed by atoms with Crippen molar-refractivity contribution < 1.29 is 9.90 Å². The van der Waals surface area contributed by atoms with Crippen molar-refractivity contribution in [3.63, 3.8) is 0 Å². The van der Waals surface area contributed by atoms with Crippen LogP contribution >= 0.6 is 0 Å². The number of rotatable bonds is 7. The Bertz CT molecular complexity index is 803. The molecule has 1 aromatic carbocycles. The van der Waals surface area contributed by atoms with Crippen molar-refractivity contribution >= 4 is 5.91 Å². The maximum absolute atomic E-state index is 12.6. The van der Waals surface area contributed by atoms with Crippen LogP contribution in [0.2, 0.25) is 0 Å². The number of benzene rings is 1. The maximum atomic E-state index is 12.6. The molecule has 128 valence electrons. The summed E-state index contributed by atoms with van der Waals surface area (Å²) in [7, 11) is 0. The number of amides is 1. The molecule has 0 aliphatic rings. The van der Waals surface area contributed by atoms with Gasteiger partial charge in [-0.1, -0.05) is 30.3 Å². The molecule has 0 saturated heterocycles. The zero-order valence-electron chi connectivity index (χ0n) is 13.8. The monoisotopic (exact) mass is 336 g/mol. The molecule has 0 bridgehead atoms. The number of carbonyl (C=O) groups is 1. The van der Waals surface area contributed by atoms with Crippen molar-refractivity contribution in [2.24, 2.45) is 0 Å². The summed E-state index contributed by atoms with van der Waals surface area (Å²) in [5.74, 6) is -0.132. The summed E-state index contributed by atoms with van der Waals surface area (Å²) >= 11 is 0. The van der Waals surface area contributed by atoms with E-state index < -0.39 is 0 Å². The minimum Gasteiger partial charge on any atom is -0.395 e. The highest BCUT2D eigenvalue weighted by molar-refractivity contribution is 5.94. The molecule has 6 nitrogen and oxygen atoms in total. The Morgan fingerprint density at radius 3 is 2.56 bits per heavy atom. The predicted octanol–water partition coefficient (Wildman–Crippen LogP) is 1.96. The highest BCUT2D eigenvalue weighted by Gasteiger charge is 2.16. The van der Waals surface area contributed by atoms with Gasteiger partial charge in [-0.2, -0.15) is 5.10 Å². The second-order valence-electron chi connectivity index (χ2n) is 5.72. The molecule has 0 fully saturated rings. The largest absolute Gasteiger partial charge is 0.395 e. The molecule has 0 spiro atoms. The molecule has 0 aliphatic carbocycles. The number of pyridine rings is 1. The van der Waals surface area contributed by atoms with Crippen LogP contribution in [0.25, 0.3) is 0 Å². The van der Waals surface area contributed by atoms with Crippen molar-refractivity contribution in [3.8, 4) is 0 Å². The fraction of sp³-hybridized carbons (Fsp3) is 0.211. The Morgan fingerprint density at radius 2 is 1.84 bits per heavy atom. The highest BCUT2D eigenvalue weighted by atomic mass is 16.3. The molecule has 25 heavy (non-hydrogen) atoms. The molecule has 1 N–H and O–H groups in total. The van der Waals surface area contributed by atoms with Gasteiger partial charge in [-0.25, -0.2) is 0 Å². The molecule has 3 rings (SSSR count). The summed E-state index contributed by atoms with van der Waals surface area (Å²) in [5, 5.41) is 13.6. The van der Waals surface area contributed by atoms with Gasteiger partial charge in [0, 0.05) is 42.8 Å². The third-order valence-corrected chi connectivity index (χ3v) is 3.83. The van der Waals surface area contributed by atoms with Crippen LogP contribution in [-0.4, -0.2) is 43.8 Å². The Kier molecular flexibility index (Phi) is 5.53. The smallest absolute Gasteiger partial charge is 0.254 e. The van der Waals surface area contributed by atoms with Crippen LogP contribution in [0.3, 0.4) is 0 Å². The van der Waals surface area contributed by atoms with E-state index in [1.807, 2.05) is 41.2 Å². The van der Waals surface area contributed by atoms with E-state index in [2.05, 4.69) is 10.1 Å². The molecule has 0 atom stereocenters. The van der Waals surface area contributed by atoms with Gasteiger partial charge in [-0.05, 0) is 17.7 Å². The van der Waals surface area contributed by atoms with E-state index in [4.69, 9.17) is 0 Å². The molecule has 0 saturated carbocycles. The second kappa shape index (κ2) is 8.21. The number of aromatic nitrogens is 3. The van der Waals surface area contributed by atoms with Crippen molar-refractivity contribution in [1.29, 1.82) is 0 Å². The lowest BCUT2D eigenvalue weighted by Gasteiger charge is -2.21. The van der Waals surface area contributed by atoms with Gasteiger partial charge in [0.15, 0.2) is 0 Å². The summed E-state index contributed by atoms with van der Waals surface area (Å²) in [4.78, 5) is 18.1. The van der Waals surface area contributed by atoms with Crippen LogP contribution in [0, 0.1) is 0 Å². The van der Waals surface area contributed by atoms with Crippen molar-refractivity contribution in [2.45, 2.75) is 13.1 Å². The topological polar surface area (TPSA) is 71.2 Å². The number of carbonyl (C=O) groups excluding carboxylic acids is 1. The standard InChI is InChI=1S/C19H20N4O2/c24-11-10-22(19(25)18-6-8-20-9-7-18)13-17-12-21-23(15-17)14-16-4-2-1-3-5-16/h1-9,12,15,24H,10-11,13-14H2. The molecule has 1 amide bonds. The molecule has 6 heteroatoms. The number of aliphatic hydroxyl groups excluding tert-OH is 1. The molecule has 3 aromatic rings. The lowest BCUT2D eigenvalue weighted by molar-refractivity contribution is 0.0707. The molecular formula is C19H20N4O2. The van der Waals surface area contributed by atoms with E-state index in [1.54, 1.807) is 35.6 Å². The van der Waals surface area contributed by atoms with Gasteiger partial charge in [0.05, 0.1) is 19.3 Å².